The molecule has 4 heterocycles. The Morgan fingerprint density at radius 2 is 1.77 bits per heavy atom. The van der Waals surface area contributed by atoms with Gasteiger partial charge < -0.3 is 18.6 Å². The highest BCUT2D eigenvalue weighted by molar-refractivity contribution is 5.96. The number of pyridine rings is 1. The van der Waals surface area contributed by atoms with E-state index in [9.17, 15) is 4.79 Å². The molecule has 1 saturated heterocycles. The molecule has 1 amide bonds. The number of carbonyl (C=O) groups is 1. The predicted octanol–water partition coefficient (Wildman–Crippen LogP) is 7.33. The van der Waals surface area contributed by atoms with Crippen LogP contribution in [-0.2, 0) is 16.1 Å². The Labute approximate surface area is 234 Å². The van der Waals surface area contributed by atoms with Gasteiger partial charge in [-0.25, -0.2) is 4.98 Å². The minimum atomic E-state index is 0.154. The molecule has 204 valence electrons. The Balaban J connectivity index is 1.37. The van der Waals surface area contributed by atoms with Crippen LogP contribution in [0.5, 0.6) is 0 Å². The number of para-hydroxylation sites is 1. The maximum absolute atomic E-state index is 13.6. The lowest BCUT2D eigenvalue weighted by Crippen LogP contribution is -2.42. The van der Waals surface area contributed by atoms with E-state index < -0.39 is 0 Å². The van der Waals surface area contributed by atoms with Crippen LogP contribution in [0.3, 0.4) is 0 Å². The van der Waals surface area contributed by atoms with Crippen LogP contribution in [0.4, 0.5) is 0 Å². The Morgan fingerprint density at radius 1 is 0.950 bits per heavy atom. The van der Waals surface area contributed by atoms with Gasteiger partial charge in [-0.2, -0.15) is 0 Å². The number of nitrogens with zero attached hydrogens (tertiary/aromatic N) is 3. The van der Waals surface area contributed by atoms with E-state index in [0.29, 0.717) is 38.8 Å². The minimum Gasteiger partial charge on any atom is -0.460 e. The SMILES string of the molecule is Cc1ccc(-c2ccc3cc(-c4c(C5CCCCC5)c5ccccc5n4CC(=O)N4CCOCC4)ccc3n2)o1. The van der Waals surface area contributed by atoms with E-state index in [1.165, 1.54) is 48.7 Å². The van der Waals surface area contributed by atoms with Crippen LogP contribution < -0.4 is 0 Å². The smallest absolute Gasteiger partial charge is 0.242 e. The zero-order valence-corrected chi connectivity index (χ0v) is 23.1. The van der Waals surface area contributed by atoms with E-state index in [1.54, 1.807) is 0 Å². The molecule has 2 fully saturated rings. The lowest BCUT2D eigenvalue weighted by Gasteiger charge is -2.28. The van der Waals surface area contributed by atoms with Crippen molar-refractivity contribution in [3.63, 3.8) is 0 Å². The average Bonchev–Trinajstić information content (AvgIpc) is 3.59. The molecular formula is C34H35N3O3. The van der Waals surface area contributed by atoms with Gasteiger partial charge in [0.05, 0.1) is 24.4 Å². The highest BCUT2D eigenvalue weighted by atomic mass is 16.5. The molecule has 1 aliphatic carbocycles. The molecule has 0 radical (unpaired) electrons. The molecule has 0 spiro atoms. The number of hydrogen-bond acceptors (Lipinski definition) is 4. The second-order valence-electron chi connectivity index (χ2n) is 11.2. The molecule has 1 aliphatic heterocycles. The molecule has 0 unspecified atom stereocenters. The summed E-state index contributed by atoms with van der Waals surface area (Å²) in [5.41, 5.74) is 6.63. The van der Waals surface area contributed by atoms with Gasteiger partial charge in [-0.3, -0.25) is 4.79 Å². The topological polar surface area (TPSA) is 60.5 Å². The summed E-state index contributed by atoms with van der Waals surface area (Å²) in [6.07, 6.45) is 6.21. The number of benzene rings is 2. The molecular weight excluding hydrogens is 498 g/mol. The van der Waals surface area contributed by atoms with Gasteiger partial charge >= 0.3 is 0 Å². The first-order valence-electron chi connectivity index (χ1n) is 14.6. The minimum absolute atomic E-state index is 0.154. The van der Waals surface area contributed by atoms with Crippen molar-refractivity contribution in [1.29, 1.82) is 0 Å². The van der Waals surface area contributed by atoms with Crippen molar-refractivity contribution in [2.45, 2.75) is 51.5 Å². The number of ether oxygens (including phenoxy) is 1. The Kier molecular flexibility index (Phi) is 6.64. The van der Waals surface area contributed by atoms with Crippen molar-refractivity contribution in [2.24, 2.45) is 0 Å². The maximum Gasteiger partial charge on any atom is 0.242 e. The number of aryl methyl sites for hydroxylation is 1. The van der Waals surface area contributed by atoms with Gasteiger partial charge in [-0.05, 0) is 73.2 Å². The number of carbonyl (C=O) groups excluding carboxylic acids is 1. The van der Waals surface area contributed by atoms with Gasteiger partial charge in [0.1, 0.15) is 18.0 Å². The number of morpholine rings is 1. The van der Waals surface area contributed by atoms with Crippen molar-refractivity contribution >= 4 is 27.7 Å². The summed E-state index contributed by atoms with van der Waals surface area (Å²) in [4.78, 5) is 20.5. The quantitative estimate of drug-likeness (QED) is 0.237. The predicted molar refractivity (Wildman–Crippen MR) is 158 cm³/mol. The Morgan fingerprint density at radius 3 is 2.58 bits per heavy atom. The molecule has 0 bridgehead atoms. The van der Waals surface area contributed by atoms with Crippen molar-refractivity contribution in [1.82, 2.24) is 14.5 Å². The van der Waals surface area contributed by atoms with Gasteiger partial charge in [-0.1, -0.05) is 49.6 Å². The fraction of sp³-hybridized carbons (Fsp3) is 0.353. The molecule has 40 heavy (non-hydrogen) atoms. The van der Waals surface area contributed by atoms with Gasteiger partial charge in [0.15, 0.2) is 5.76 Å². The standard InChI is InChI=1S/C34H35N3O3/c1-23-11-16-31(40-23)29-15-12-25-21-26(13-14-28(25)35-29)34-33(24-7-3-2-4-8-24)27-9-5-6-10-30(27)37(34)22-32(38)36-17-19-39-20-18-36/h5-6,9-16,21,24H,2-4,7-8,17-20,22H2,1H3. The van der Waals surface area contributed by atoms with E-state index >= 15 is 0 Å². The zero-order chi connectivity index (χ0) is 27.1. The highest BCUT2D eigenvalue weighted by Gasteiger charge is 2.28. The molecule has 6 nitrogen and oxygen atoms in total. The monoisotopic (exact) mass is 533 g/mol. The number of amides is 1. The van der Waals surface area contributed by atoms with Crippen LogP contribution in [0.2, 0.25) is 0 Å². The molecule has 7 rings (SSSR count). The first-order chi connectivity index (χ1) is 19.7. The molecule has 6 heteroatoms. The summed E-state index contributed by atoms with van der Waals surface area (Å²) < 4.78 is 13.6. The summed E-state index contributed by atoms with van der Waals surface area (Å²) in [5, 5.41) is 2.36. The molecule has 3 aromatic heterocycles. The second-order valence-corrected chi connectivity index (χ2v) is 11.2. The molecule has 2 aliphatic rings. The van der Waals surface area contributed by atoms with Crippen LogP contribution >= 0.6 is 0 Å². The number of aromatic nitrogens is 2. The summed E-state index contributed by atoms with van der Waals surface area (Å²) in [6, 6.07) is 23.3. The van der Waals surface area contributed by atoms with E-state index in [2.05, 4.69) is 53.1 Å². The van der Waals surface area contributed by atoms with Crippen LogP contribution in [0, 0.1) is 6.92 Å². The summed E-state index contributed by atoms with van der Waals surface area (Å²) in [5.74, 6) is 2.31. The van der Waals surface area contributed by atoms with Gasteiger partial charge in [-0.15, -0.1) is 0 Å². The van der Waals surface area contributed by atoms with Crippen LogP contribution in [0.15, 0.2) is 71.1 Å². The van der Waals surface area contributed by atoms with Crippen LogP contribution in [0.1, 0.15) is 49.3 Å². The summed E-state index contributed by atoms with van der Waals surface area (Å²) in [7, 11) is 0. The summed E-state index contributed by atoms with van der Waals surface area (Å²) >= 11 is 0. The first-order valence-corrected chi connectivity index (χ1v) is 14.6. The third-order valence-electron chi connectivity index (χ3n) is 8.64. The molecule has 0 atom stereocenters. The zero-order valence-electron chi connectivity index (χ0n) is 23.1. The van der Waals surface area contributed by atoms with E-state index in [4.69, 9.17) is 14.1 Å². The van der Waals surface area contributed by atoms with Crippen LogP contribution in [-0.4, -0.2) is 46.7 Å². The van der Waals surface area contributed by atoms with E-state index in [1.807, 2.05) is 30.0 Å². The third kappa shape index (κ3) is 4.60. The lowest BCUT2D eigenvalue weighted by molar-refractivity contribution is -0.135. The number of hydrogen-bond donors (Lipinski definition) is 0. The number of rotatable bonds is 5. The summed E-state index contributed by atoms with van der Waals surface area (Å²) in [6.45, 7) is 4.80. The normalized spacial score (nSPS) is 16.7. The van der Waals surface area contributed by atoms with Crippen molar-refractivity contribution < 1.29 is 13.9 Å². The Bertz CT molecular complexity index is 1690. The van der Waals surface area contributed by atoms with Gasteiger partial charge in [0.2, 0.25) is 5.91 Å². The highest BCUT2D eigenvalue weighted by Crippen LogP contribution is 2.44. The molecule has 2 aromatic carbocycles. The van der Waals surface area contributed by atoms with Crippen molar-refractivity contribution in [2.75, 3.05) is 26.3 Å². The largest absolute Gasteiger partial charge is 0.460 e. The van der Waals surface area contributed by atoms with Crippen molar-refractivity contribution in [3.05, 3.63) is 78.1 Å². The van der Waals surface area contributed by atoms with Crippen LogP contribution in [0.25, 0.3) is 44.5 Å². The average molecular weight is 534 g/mol. The number of furan rings is 1. The molecule has 1 saturated carbocycles. The van der Waals surface area contributed by atoms with Crippen molar-refractivity contribution in [3.8, 4) is 22.7 Å². The maximum atomic E-state index is 13.6. The fourth-order valence-electron chi connectivity index (χ4n) is 6.64. The third-order valence-corrected chi connectivity index (χ3v) is 8.64. The number of fused-ring (bicyclic) bond motifs is 2. The second kappa shape index (κ2) is 10.6. The lowest BCUT2D eigenvalue weighted by atomic mass is 9.82. The van der Waals surface area contributed by atoms with Gasteiger partial charge in [0, 0.05) is 29.4 Å². The first kappa shape index (κ1) is 25.1. The molecule has 5 aromatic rings. The van der Waals surface area contributed by atoms with E-state index in [-0.39, 0.29) is 5.91 Å². The fourth-order valence-corrected chi connectivity index (χ4v) is 6.64. The van der Waals surface area contributed by atoms with E-state index in [0.717, 1.165) is 39.2 Å². The van der Waals surface area contributed by atoms with Gasteiger partial charge in [0.25, 0.3) is 0 Å². The molecule has 0 N–H and O–H groups in total. The Hall–Kier alpha value is -3.90.